The van der Waals surface area contributed by atoms with Gasteiger partial charge in [-0.05, 0) is 0 Å². The van der Waals surface area contributed by atoms with Crippen LogP contribution in [0.4, 0.5) is 13.2 Å². The number of carbonyl (C=O) groups is 1. The number of carboxylic acids is 1. The van der Waals surface area contributed by atoms with Crippen molar-refractivity contribution in [2.45, 2.75) is 18.3 Å². The highest BCUT2D eigenvalue weighted by molar-refractivity contribution is 7.91. The molecule has 9 heteroatoms. The van der Waals surface area contributed by atoms with Crippen molar-refractivity contribution >= 4 is 15.8 Å². The van der Waals surface area contributed by atoms with E-state index in [9.17, 15) is 26.4 Å². The Bertz CT molecular complexity index is 363. The Kier molecular flexibility index (Phi) is 2.97. The van der Waals surface area contributed by atoms with E-state index in [4.69, 9.17) is 5.11 Å². The molecule has 0 aliphatic carbocycles. The summed E-state index contributed by atoms with van der Waals surface area (Å²) < 4.78 is 58.6. The SMILES string of the molecule is O=C(O)C1CS(=O)(=O)CC(C(F)(F)F)N1. The molecule has 0 amide bonds. The molecule has 1 aliphatic rings. The fourth-order valence-electron chi connectivity index (χ4n) is 1.25. The predicted octanol–water partition coefficient (Wildman–Crippen LogP) is -0.611. The average Bonchev–Trinajstić information content (AvgIpc) is 1.99. The van der Waals surface area contributed by atoms with E-state index >= 15 is 0 Å². The number of aliphatic carboxylic acids is 1. The molecule has 1 fully saturated rings. The molecule has 0 aromatic carbocycles. The average molecular weight is 247 g/mol. The minimum atomic E-state index is -4.76. The van der Waals surface area contributed by atoms with Crippen LogP contribution in [0, 0.1) is 0 Å². The molecule has 1 heterocycles. The van der Waals surface area contributed by atoms with Gasteiger partial charge in [-0.1, -0.05) is 0 Å². The van der Waals surface area contributed by atoms with Gasteiger partial charge in [0, 0.05) is 0 Å². The number of sulfone groups is 1. The fraction of sp³-hybridized carbons (Fsp3) is 0.833. The van der Waals surface area contributed by atoms with Crippen molar-refractivity contribution in [1.29, 1.82) is 0 Å². The van der Waals surface area contributed by atoms with Gasteiger partial charge in [0.2, 0.25) is 0 Å². The zero-order chi connectivity index (χ0) is 11.9. The highest BCUT2D eigenvalue weighted by Gasteiger charge is 2.48. The van der Waals surface area contributed by atoms with Crippen LogP contribution in [0.25, 0.3) is 0 Å². The normalized spacial score (nSPS) is 31.1. The first-order valence-corrected chi connectivity index (χ1v) is 5.70. The minimum Gasteiger partial charge on any atom is -0.480 e. The third-order valence-corrected chi connectivity index (χ3v) is 3.62. The summed E-state index contributed by atoms with van der Waals surface area (Å²) in [6, 6.07) is -4.01. The molecular weight excluding hydrogens is 239 g/mol. The lowest BCUT2D eigenvalue weighted by atomic mass is 10.2. The van der Waals surface area contributed by atoms with E-state index in [1.165, 1.54) is 0 Å². The van der Waals surface area contributed by atoms with Gasteiger partial charge < -0.3 is 5.11 Å². The minimum absolute atomic E-state index is 0.811. The van der Waals surface area contributed by atoms with E-state index in [2.05, 4.69) is 0 Å². The quantitative estimate of drug-likeness (QED) is 0.645. The lowest BCUT2D eigenvalue weighted by molar-refractivity contribution is -0.157. The van der Waals surface area contributed by atoms with E-state index in [0.29, 0.717) is 0 Å². The summed E-state index contributed by atoms with van der Waals surface area (Å²) in [6.45, 7) is 0. The van der Waals surface area contributed by atoms with Gasteiger partial charge in [0.15, 0.2) is 9.84 Å². The molecule has 1 aliphatic heterocycles. The third kappa shape index (κ3) is 3.06. The van der Waals surface area contributed by atoms with Crippen LogP contribution in [0.15, 0.2) is 0 Å². The molecule has 1 saturated heterocycles. The van der Waals surface area contributed by atoms with Crippen LogP contribution >= 0.6 is 0 Å². The molecule has 5 nitrogen and oxygen atoms in total. The van der Waals surface area contributed by atoms with Gasteiger partial charge in [-0.25, -0.2) is 8.42 Å². The molecule has 0 aromatic heterocycles. The Labute approximate surface area is 83.2 Å². The second-order valence-electron chi connectivity index (χ2n) is 3.23. The molecule has 2 atom stereocenters. The largest absolute Gasteiger partial charge is 0.480 e. The molecule has 1 rings (SSSR count). The van der Waals surface area contributed by atoms with Crippen molar-refractivity contribution in [1.82, 2.24) is 5.32 Å². The van der Waals surface area contributed by atoms with Gasteiger partial charge in [-0.2, -0.15) is 13.2 Å². The van der Waals surface area contributed by atoms with Gasteiger partial charge in [0.05, 0.1) is 11.5 Å². The smallest absolute Gasteiger partial charge is 0.404 e. The standard InChI is InChI=1S/C6H8F3NO4S/c7-6(8,9)4-2-15(13,14)1-3(10-4)5(11)12/h3-4,10H,1-2H2,(H,11,12). The molecule has 2 unspecified atom stereocenters. The summed E-state index contributed by atoms with van der Waals surface area (Å²) in [4.78, 5) is 10.4. The Morgan fingerprint density at radius 2 is 1.87 bits per heavy atom. The number of halogens is 3. The molecule has 0 saturated carbocycles. The lowest BCUT2D eigenvalue weighted by Gasteiger charge is -2.29. The first-order chi connectivity index (χ1) is 6.62. The summed E-state index contributed by atoms with van der Waals surface area (Å²) in [5.74, 6) is -3.53. The summed E-state index contributed by atoms with van der Waals surface area (Å²) in [6.07, 6.45) is -4.76. The Morgan fingerprint density at radius 1 is 1.33 bits per heavy atom. The van der Waals surface area contributed by atoms with Crippen LogP contribution < -0.4 is 5.32 Å². The molecular formula is C6H8F3NO4S. The van der Waals surface area contributed by atoms with Crippen LogP contribution in [0.2, 0.25) is 0 Å². The first kappa shape index (κ1) is 12.2. The maximum Gasteiger partial charge on any atom is 0.404 e. The summed E-state index contributed by atoms with van der Waals surface area (Å²) in [5.41, 5.74) is 0. The molecule has 15 heavy (non-hydrogen) atoms. The van der Waals surface area contributed by atoms with E-state index in [1.807, 2.05) is 0 Å². The number of alkyl halides is 3. The van der Waals surface area contributed by atoms with E-state index in [0.717, 1.165) is 0 Å². The third-order valence-electron chi connectivity index (χ3n) is 1.94. The Morgan fingerprint density at radius 3 is 2.27 bits per heavy atom. The number of hydrogen-bond donors (Lipinski definition) is 2. The van der Waals surface area contributed by atoms with Crippen molar-refractivity contribution in [2.24, 2.45) is 0 Å². The highest BCUT2D eigenvalue weighted by atomic mass is 32.2. The summed E-state index contributed by atoms with van der Waals surface area (Å²) in [7, 11) is -3.97. The van der Waals surface area contributed by atoms with Gasteiger partial charge in [-0.3, -0.25) is 10.1 Å². The van der Waals surface area contributed by atoms with Crippen molar-refractivity contribution < 1.29 is 31.5 Å². The summed E-state index contributed by atoms with van der Waals surface area (Å²) >= 11 is 0. The van der Waals surface area contributed by atoms with Crippen LogP contribution in [0.1, 0.15) is 0 Å². The second-order valence-corrected chi connectivity index (χ2v) is 5.38. The molecule has 2 N–H and O–H groups in total. The predicted molar refractivity (Wildman–Crippen MR) is 43.1 cm³/mol. The molecule has 0 aromatic rings. The topological polar surface area (TPSA) is 83.5 Å². The van der Waals surface area contributed by atoms with Crippen LogP contribution in [-0.4, -0.2) is 49.3 Å². The number of hydrogen-bond acceptors (Lipinski definition) is 4. The van der Waals surface area contributed by atoms with Crippen LogP contribution in [-0.2, 0) is 14.6 Å². The maximum atomic E-state index is 12.2. The Hall–Kier alpha value is -0.830. The zero-order valence-corrected chi connectivity index (χ0v) is 8.10. The van der Waals surface area contributed by atoms with Gasteiger partial charge in [0.25, 0.3) is 0 Å². The molecule has 0 spiro atoms. The van der Waals surface area contributed by atoms with Gasteiger partial charge in [0.1, 0.15) is 12.1 Å². The van der Waals surface area contributed by atoms with Crippen molar-refractivity contribution in [3.8, 4) is 0 Å². The van der Waals surface area contributed by atoms with Gasteiger partial charge >= 0.3 is 12.1 Å². The van der Waals surface area contributed by atoms with Crippen molar-refractivity contribution in [2.75, 3.05) is 11.5 Å². The fourth-order valence-corrected chi connectivity index (χ4v) is 2.92. The lowest BCUT2D eigenvalue weighted by Crippen LogP contribution is -2.60. The zero-order valence-electron chi connectivity index (χ0n) is 7.28. The first-order valence-electron chi connectivity index (χ1n) is 3.88. The van der Waals surface area contributed by atoms with E-state index < -0.39 is 45.6 Å². The molecule has 0 radical (unpaired) electrons. The number of nitrogens with one attached hydrogen (secondary N) is 1. The highest BCUT2D eigenvalue weighted by Crippen LogP contribution is 2.24. The molecule has 0 bridgehead atoms. The maximum absolute atomic E-state index is 12.2. The summed E-state index contributed by atoms with van der Waals surface area (Å²) in [5, 5.41) is 10.2. The monoisotopic (exact) mass is 247 g/mol. The van der Waals surface area contributed by atoms with Crippen LogP contribution in [0.5, 0.6) is 0 Å². The van der Waals surface area contributed by atoms with Crippen molar-refractivity contribution in [3.63, 3.8) is 0 Å². The number of carboxylic acid groups (broad SMARTS) is 1. The number of rotatable bonds is 1. The van der Waals surface area contributed by atoms with Crippen LogP contribution in [0.3, 0.4) is 0 Å². The molecule has 88 valence electrons. The Balaban J connectivity index is 2.92. The van der Waals surface area contributed by atoms with E-state index in [1.54, 1.807) is 5.32 Å². The van der Waals surface area contributed by atoms with E-state index in [-0.39, 0.29) is 0 Å². The second kappa shape index (κ2) is 3.63. The van der Waals surface area contributed by atoms with Gasteiger partial charge in [-0.15, -0.1) is 0 Å². The van der Waals surface area contributed by atoms with Crippen molar-refractivity contribution in [3.05, 3.63) is 0 Å².